The van der Waals surface area contributed by atoms with Crippen molar-refractivity contribution in [3.05, 3.63) is 0 Å². The predicted molar refractivity (Wildman–Crippen MR) is 90.7 cm³/mol. The van der Waals surface area contributed by atoms with Crippen LogP contribution in [0.5, 0.6) is 0 Å². The lowest BCUT2D eigenvalue weighted by Crippen LogP contribution is -2.56. The van der Waals surface area contributed by atoms with Gasteiger partial charge in [-0.2, -0.15) is 0 Å². The Bertz CT molecular complexity index is 273. The molecule has 21 heavy (non-hydrogen) atoms. The lowest BCUT2D eigenvalue weighted by atomic mass is 9.87. The molecule has 0 aliphatic carbocycles. The molecule has 1 unspecified atom stereocenters. The van der Waals surface area contributed by atoms with Gasteiger partial charge in [-0.1, -0.05) is 20.8 Å². The lowest BCUT2D eigenvalue weighted by Gasteiger charge is -2.44. The van der Waals surface area contributed by atoms with Crippen molar-refractivity contribution in [2.24, 2.45) is 11.7 Å². The van der Waals surface area contributed by atoms with E-state index in [1.165, 1.54) is 45.3 Å². The minimum absolute atomic E-state index is 0.172. The number of likely N-dealkylation sites (tertiary alicyclic amines) is 1. The quantitative estimate of drug-likeness (QED) is 0.708. The average molecular weight is 300 g/mol. The summed E-state index contributed by atoms with van der Waals surface area (Å²) in [6, 6.07) is 0. The van der Waals surface area contributed by atoms with Crippen LogP contribution in [0.4, 0.5) is 0 Å². The molecule has 0 amide bonds. The van der Waals surface area contributed by atoms with Crippen molar-refractivity contribution in [3.8, 4) is 0 Å². The fourth-order valence-electron chi connectivity index (χ4n) is 3.59. The van der Waals surface area contributed by atoms with Crippen molar-refractivity contribution in [2.75, 3.05) is 53.0 Å². The van der Waals surface area contributed by atoms with Gasteiger partial charge in [0, 0.05) is 32.3 Å². The number of ether oxygens (including phenoxy) is 1. The van der Waals surface area contributed by atoms with Crippen LogP contribution in [0.1, 0.15) is 46.5 Å². The zero-order valence-electron chi connectivity index (χ0n) is 14.7. The third kappa shape index (κ3) is 5.85. The first-order chi connectivity index (χ1) is 10.1. The summed E-state index contributed by atoms with van der Waals surface area (Å²) in [7, 11) is 1.79. The normalized spacial score (nSPS) is 24.7. The SMILES string of the molecule is CCCN1CCCC(CN)(N(CCOC)CC(C)C)CC1. The Labute approximate surface area is 132 Å². The third-order valence-electron chi connectivity index (χ3n) is 4.75. The minimum Gasteiger partial charge on any atom is -0.383 e. The average Bonchev–Trinajstić information content (AvgIpc) is 2.67. The van der Waals surface area contributed by atoms with Gasteiger partial charge in [0.05, 0.1) is 6.61 Å². The molecule has 1 heterocycles. The number of hydrogen-bond donors (Lipinski definition) is 1. The zero-order chi connectivity index (χ0) is 15.7. The van der Waals surface area contributed by atoms with E-state index in [0.29, 0.717) is 5.92 Å². The van der Waals surface area contributed by atoms with E-state index < -0.39 is 0 Å². The summed E-state index contributed by atoms with van der Waals surface area (Å²) in [6.07, 6.45) is 4.92. The first kappa shape index (κ1) is 18.9. The van der Waals surface area contributed by atoms with E-state index in [4.69, 9.17) is 10.5 Å². The van der Waals surface area contributed by atoms with Gasteiger partial charge >= 0.3 is 0 Å². The van der Waals surface area contributed by atoms with Crippen LogP contribution in [-0.2, 0) is 4.74 Å². The Morgan fingerprint density at radius 3 is 2.62 bits per heavy atom. The largest absolute Gasteiger partial charge is 0.383 e. The smallest absolute Gasteiger partial charge is 0.0589 e. The fourth-order valence-corrected chi connectivity index (χ4v) is 3.59. The molecule has 1 saturated heterocycles. The molecule has 0 spiro atoms. The third-order valence-corrected chi connectivity index (χ3v) is 4.75. The van der Waals surface area contributed by atoms with Gasteiger partial charge in [0.15, 0.2) is 0 Å². The second kappa shape index (κ2) is 9.78. The van der Waals surface area contributed by atoms with Gasteiger partial charge in [-0.25, -0.2) is 0 Å². The highest BCUT2D eigenvalue weighted by Gasteiger charge is 2.36. The van der Waals surface area contributed by atoms with E-state index >= 15 is 0 Å². The molecule has 0 aromatic rings. The van der Waals surface area contributed by atoms with Gasteiger partial charge in [-0.15, -0.1) is 0 Å². The minimum atomic E-state index is 0.172. The van der Waals surface area contributed by atoms with E-state index in [-0.39, 0.29) is 5.54 Å². The molecule has 1 atom stereocenters. The van der Waals surface area contributed by atoms with E-state index in [1.54, 1.807) is 7.11 Å². The van der Waals surface area contributed by atoms with Crippen molar-refractivity contribution in [1.29, 1.82) is 0 Å². The molecule has 0 aromatic heterocycles. The van der Waals surface area contributed by atoms with Crippen LogP contribution in [0.3, 0.4) is 0 Å². The highest BCUT2D eigenvalue weighted by Crippen LogP contribution is 2.29. The molecule has 1 fully saturated rings. The molecule has 0 bridgehead atoms. The summed E-state index contributed by atoms with van der Waals surface area (Å²) >= 11 is 0. The van der Waals surface area contributed by atoms with Crippen molar-refractivity contribution in [1.82, 2.24) is 9.80 Å². The van der Waals surface area contributed by atoms with Crippen molar-refractivity contribution < 1.29 is 4.74 Å². The molecule has 0 aromatic carbocycles. The number of nitrogens with zero attached hydrogens (tertiary/aromatic N) is 2. The molecule has 0 radical (unpaired) electrons. The summed E-state index contributed by atoms with van der Waals surface area (Å²) in [6.45, 7) is 14.2. The highest BCUT2D eigenvalue weighted by molar-refractivity contribution is 4.95. The predicted octanol–water partition coefficient (Wildman–Crippen LogP) is 2.18. The molecule has 126 valence electrons. The van der Waals surface area contributed by atoms with Crippen LogP contribution < -0.4 is 5.73 Å². The standard InChI is InChI=1S/C17H37N3O/c1-5-9-19-10-6-7-17(15-18,8-11-19)20(12-13-21-4)14-16(2)3/h16H,5-15,18H2,1-4H3. The van der Waals surface area contributed by atoms with E-state index in [9.17, 15) is 0 Å². The number of hydrogen-bond acceptors (Lipinski definition) is 4. The molecule has 1 aliphatic heterocycles. The van der Waals surface area contributed by atoms with Crippen molar-refractivity contribution in [3.63, 3.8) is 0 Å². The van der Waals surface area contributed by atoms with Gasteiger partial charge in [0.2, 0.25) is 0 Å². The summed E-state index contributed by atoms with van der Waals surface area (Å²) in [5, 5.41) is 0. The summed E-state index contributed by atoms with van der Waals surface area (Å²) in [5.41, 5.74) is 6.45. The number of nitrogens with two attached hydrogens (primary N) is 1. The molecule has 2 N–H and O–H groups in total. The van der Waals surface area contributed by atoms with Gasteiger partial charge in [-0.3, -0.25) is 4.90 Å². The summed E-state index contributed by atoms with van der Waals surface area (Å²) < 4.78 is 5.33. The van der Waals surface area contributed by atoms with Crippen LogP contribution in [-0.4, -0.2) is 68.3 Å². The van der Waals surface area contributed by atoms with Crippen LogP contribution >= 0.6 is 0 Å². The van der Waals surface area contributed by atoms with Crippen LogP contribution in [0.25, 0.3) is 0 Å². The lowest BCUT2D eigenvalue weighted by molar-refractivity contribution is 0.0395. The van der Waals surface area contributed by atoms with Crippen LogP contribution in [0.15, 0.2) is 0 Å². The summed E-state index contributed by atoms with van der Waals surface area (Å²) in [5.74, 6) is 0.667. The first-order valence-corrected chi connectivity index (χ1v) is 8.74. The van der Waals surface area contributed by atoms with Gasteiger partial charge < -0.3 is 15.4 Å². The highest BCUT2D eigenvalue weighted by atomic mass is 16.5. The Morgan fingerprint density at radius 1 is 1.29 bits per heavy atom. The Hall–Kier alpha value is -0.160. The monoisotopic (exact) mass is 299 g/mol. The maximum atomic E-state index is 6.27. The Kier molecular flexibility index (Phi) is 8.79. The van der Waals surface area contributed by atoms with Gasteiger partial charge in [0.25, 0.3) is 0 Å². The van der Waals surface area contributed by atoms with Crippen molar-refractivity contribution in [2.45, 2.75) is 52.0 Å². The number of rotatable bonds is 9. The van der Waals surface area contributed by atoms with Crippen molar-refractivity contribution >= 4 is 0 Å². The van der Waals surface area contributed by atoms with E-state index in [1.807, 2.05) is 0 Å². The second-order valence-corrected chi connectivity index (χ2v) is 6.96. The molecular formula is C17H37N3O. The fraction of sp³-hybridized carbons (Fsp3) is 1.00. The van der Waals surface area contributed by atoms with Crippen LogP contribution in [0.2, 0.25) is 0 Å². The van der Waals surface area contributed by atoms with Gasteiger partial charge in [-0.05, 0) is 51.2 Å². The molecule has 1 aliphatic rings. The summed E-state index contributed by atoms with van der Waals surface area (Å²) in [4.78, 5) is 5.23. The topological polar surface area (TPSA) is 41.7 Å². The van der Waals surface area contributed by atoms with E-state index in [0.717, 1.165) is 26.2 Å². The van der Waals surface area contributed by atoms with Gasteiger partial charge in [0.1, 0.15) is 0 Å². The second-order valence-electron chi connectivity index (χ2n) is 6.96. The van der Waals surface area contributed by atoms with Crippen LogP contribution in [0, 0.1) is 5.92 Å². The zero-order valence-corrected chi connectivity index (χ0v) is 14.7. The maximum absolute atomic E-state index is 6.27. The van der Waals surface area contributed by atoms with E-state index in [2.05, 4.69) is 30.6 Å². The maximum Gasteiger partial charge on any atom is 0.0589 e. The Balaban J connectivity index is 2.77. The first-order valence-electron chi connectivity index (χ1n) is 8.74. The molecule has 4 nitrogen and oxygen atoms in total. The molecular weight excluding hydrogens is 262 g/mol. The Morgan fingerprint density at radius 2 is 2.05 bits per heavy atom. The molecule has 0 saturated carbocycles. The molecule has 1 rings (SSSR count). The number of methoxy groups -OCH3 is 1. The molecule has 4 heteroatoms.